The minimum Gasteiger partial charge on any atom is -0.497 e. The van der Waals surface area contributed by atoms with Gasteiger partial charge in [-0.2, -0.15) is 4.68 Å². The van der Waals surface area contributed by atoms with Gasteiger partial charge in [0, 0.05) is 6.07 Å². The highest BCUT2D eigenvalue weighted by atomic mass is 32.2. The summed E-state index contributed by atoms with van der Waals surface area (Å²) in [4.78, 5) is 12.8. The Kier molecular flexibility index (Phi) is 5.52. The molecule has 150 valence electrons. The second kappa shape index (κ2) is 8.39. The number of Topliss-reactive ketones (excluding diaryl/α,β-unsaturated/α-hetero) is 1. The molecule has 1 aliphatic heterocycles. The van der Waals surface area contributed by atoms with Gasteiger partial charge in [0.05, 0.1) is 31.2 Å². The third-order valence-corrected chi connectivity index (χ3v) is 5.17. The maximum Gasteiger partial charge on any atom is 0.214 e. The second-order valence-electron chi connectivity index (χ2n) is 5.98. The minimum atomic E-state index is -0.123. The highest BCUT2D eigenvalue weighted by Gasteiger charge is 2.18. The fourth-order valence-electron chi connectivity index (χ4n) is 2.83. The molecule has 0 saturated heterocycles. The summed E-state index contributed by atoms with van der Waals surface area (Å²) in [5, 5.41) is 12.3. The molecule has 1 aliphatic rings. The number of hydrogen-bond acceptors (Lipinski definition) is 9. The summed E-state index contributed by atoms with van der Waals surface area (Å²) in [5.74, 6) is 2.40. The molecule has 3 aromatic rings. The van der Waals surface area contributed by atoms with Gasteiger partial charge in [-0.25, -0.2) is 0 Å². The van der Waals surface area contributed by atoms with Crippen LogP contribution in [0.2, 0.25) is 0 Å². The van der Waals surface area contributed by atoms with Crippen LogP contribution in [-0.4, -0.2) is 59.2 Å². The van der Waals surface area contributed by atoms with E-state index in [1.165, 1.54) is 18.9 Å². The number of benzene rings is 2. The van der Waals surface area contributed by atoms with Crippen LogP contribution in [0.25, 0.3) is 5.69 Å². The average Bonchev–Trinajstić information content (AvgIpc) is 3.25. The summed E-state index contributed by atoms with van der Waals surface area (Å²) in [5.41, 5.74) is 1.16. The zero-order chi connectivity index (χ0) is 20.2. The first-order chi connectivity index (χ1) is 14.2. The summed E-state index contributed by atoms with van der Waals surface area (Å²) in [6.45, 7) is 1.01. The normalized spacial score (nSPS) is 12.5. The molecule has 0 fully saturated rings. The molecule has 0 amide bonds. The Morgan fingerprint density at radius 3 is 2.72 bits per heavy atom. The maximum atomic E-state index is 12.8. The topological polar surface area (TPSA) is 97.6 Å². The Morgan fingerprint density at radius 2 is 1.93 bits per heavy atom. The Bertz CT molecular complexity index is 1040. The molecular weight excluding hydrogens is 396 g/mol. The van der Waals surface area contributed by atoms with Crippen LogP contribution < -0.4 is 18.9 Å². The van der Waals surface area contributed by atoms with E-state index in [1.54, 1.807) is 30.0 Å². The monoisotopic (exact) mass is 414 g/mol. The van der Waals surface area contributed by atoms with Crippen LogP contribution >= 0.6 is 11.8 Å². The van der Waals surface area contributed by atoms with Crippen LogP contribution in [0.5, 0.6) is 23.0 Å². The quantitative estimate of drug-likeness (QED) is 0.426. The molecule has 0 spiro atoms. The van der Waals surface area contributed by atoms with Gasteiger partial charge in [0.1, 0.15) is 24.7 Å². The van der Waals surface area contributed by atoms with Crippen molar-refractivity contribution in [3.05, 3.63) is 42.0 Å². The lowest BCUT2D eigenvalue weighted by molar-refractivity contribution is 0.101. The van der Waals surface area contributed by atoms with E-state index in [9.17, 15) is 4.79 Å². The summed E-state index contributed by atoms with van der Waals surface area (Å²) >= 11 is 1.23. The van der Waals surface area contributed by atoms with Crippen molar-refractivity contribution in [2.45, 2.75) is 5.16 Å². The van der Waals surface area contributed by atoms with Gasteiger partial charge in [0.2, 0.25) is 5.16 Å². The number of ether oxygens (including phenoxy) is 4. The number of fused-ring (bicyclic) bond motifs is 1. The van der Waals surface area contributed by atoms with Gasteiger partial charge in [-0.05, 0) is 40.8 Å². The largest absolute Gasteiger partial charge is 0.497 e. The first kappa shape index (κ1) is 19.1. The van der Waals surface area contributed by atoms with Crippen molar-refractivity contribution in [3.8, 4) is 28.7 Å². The predicted octanol–water partition coefficient (Wildman–Crippen LogP) is 2.43. The Hall–Kier alpha value is -3.27. The lowest BCUT2D eigenvalue weighted by Gasteiger charge is -2.18. The number of thioether (sulfide) groups is 1. The van der Waals surface area contributed by atoms with Crippen LogP contribution in [0.3, 0.4) is 0 Å². The first-order valence-electron chi connectivity index (χ1n) is 8.76. The number of carbonyl (C=O) groups excluding carboxylic acids is 1. The van der Waals surface area contributed by atoms with E-state index in [4.69, 9.17) is 18.9 Å². The van der Waals surface area contributed by atoms with Crippen molar-refractivity contribution in [2.24, 2.45) is 0 Å². The fraction of sp³-hybridized carbons (Fsp3) is 0.263. The van der Waals surface area contributed by atoms with E-state index in [1.807, 2.05) is 18.2 Å². The molecule has 2 aromatic carbocycles. The Labute approximate surface area is 170 Å². The Balaban J connectivity index is 1.52. The van der Waals surface area contributed by atoms with Crippen molar-refractivity contribution in [3.63, 3.8) is 0 Å². The molecule has 0 saturated carbocycles. The Morgan fingerprint density at radius 1 is 1.10 bits per heavy atom. The van der Waals surface area contributed by atoms with Crippen molar-refractivity contribution in [1.82, 2.24) is 20.2 Å². The molecule has 0 N–H and O–H groups in total. The third-order valence-electron chi connectivity index (χ3n) is 4.25. The van der Waals surface area contributed by atoms with Crippen molar-refractivity contribution in [1.29, 1.82) is 0 Å². The van der Waals surface area contributed by atoms with Crippen molar-refractivity contribution >= 4 is 17.5 Å². The van der Waals surface area contributed by atoms with Crippen molar-refractivity contribution in [2.75, 3.05) is 33.2 Å². The van der Waals surface area contributed by atoms with E-state index in [0.29, 0.717) is 52.6 Å². The number of nitrogens with zero attached hydrogens (tertiary/aromatic N) is 4. The van der Waals surface area contributed by atoms with Gasteiger partial charge >= 0.3 is 0 Å². The van der Waals surface area contributed by atoms with Crippen LogP contribution in [0.1, 0.15) is 10.4 Å². The summed E-state index contributed by atoms with van der Waals surface area (Å²) in [6.07, 6.45) is 0. The van der Waals surface area contributed by atoms with E-state index in [0.717, 1.165) is 0 Å². The molecule has 1 aromatic heterocycles. The molecular formula is C19H18N4O5S. The highest BCUT2D eigenvalue weighted by Crippen LogP contribution is 2.33. The smallest absolute Gasteiger partial charge is 0.214 e. The molecule has 0 radical (unpaired) electrons. The lowest BCUT2D eigenvalue weighted by atomic mass is 10.1. The number of rotatable bonds is 7. The molecule has 2 heterocycles. The summed E-state index contributed by atoms with van der Waals surface area (Å²) in [6, 6.07) is 10.6. The molecule has 0 aliphatic carbocycles. The SMILES string of the molecule is COc1ccc(OC)c(C(=O)CSc2nnnn2-c2ccc3c(c2)OCCO3)c1. The lowest BCUT2D eigenvalue weighted by Crippen LogP contribution is -2.15. The van der Waals surface area contributed by atoms with E-state index >= 15 is 0 Å². The molecule has 0 bridgehead atoms. The number of carbonyl (C=O) groups is 1. The van der Waals surface area contributed by atoms with Gasteiger partial charge in [0.25, 0.3) is 0 Å². The molecule has 10 heteroatoms. The number of methoxy groups -OCH3 is 2. The second-order valence-corrected chi connectivity index (χ2v) is 6.92. The predicted molar refractivity (Wildman–Crippen MR) is 105 cm³/mol. The molecule has 29 heavy (non-hydrogen) atoms. The van der Waals surface area contributed by atoms with Gasteiger partial charge in [-0.15, -0.1) is 5.10 Å². The molecule has 4 rings (SSSR count). The number of hydrogen-bond donors (Lipinski definition) is 0. The zero-order valence-electron chi connectivity index (χ0n) is 15.8. The summed E-state index contributed by atoms with van der Waals surface area (Å²) < 4.78 is 23.2. The van der Waals surface area contributed by atoms with Gasteiger partial charge in [0.15, 0.2) is 17.3 Å². The maximum absolute atomic E-state index is 12.8. The van der Waals surface area contributed by atoms with Crippen molar-refractivity contribution < 1.29 is 23.7 Å². The van der Waals surface area contributed by atoms with E-state index < -0.39 is 0 Å². The number of tetrazole rings is 1. The zero-order valence-corrected chi connectivity index (χ0v) is 16.6. The van der Waals surface area contributed by atoms with Crippen LogP contribution in [0.4, 0.5) is 0 Å². The summed E-state index contributed by atoms with van der Waals surface area (Å²) in [7, 11) is 3.07. The first-order valence-corrected chi connectivity index (χ1v) is 9.74. The van der Waals surface area contributed by atoms with Gasteiger partial charge in [-0.1, -0.05) is 11.8 Å². The minimum absolute atomic E-state index is 0.123. The molecule has 0 unspecified atom stereocenters. The van der Waals surface area contributed by atoms with Crippen LogP contribution in [-0.2, 0) is 0 Å². The van der Waals surface area contributed by atoms with Gasteiger partial charge < -0.3 is 18.9 Å². The standard InChI is InChI=1S/C19H18N4O5S/c1-25-13-4-6-16(26-2)14(10-13)15(24)11-29-19-20-21-22-23(19)12-3-5-17-18(9-12)28-8-7-27-17/h3-6,9-10H,7-8,11H2,1-2H3. The number of ketones is 1. The van der Waals surface area contributed by atoms with Crippen LogP contribution in [0.15, 0.2) is 41.6 Å². The highest BCUT2D eigenvalue weighted by molar-refractivity contribution is 7.99. The van der Waals surface area contributed by atoms with Crippen LogP contribution in [0, 0.1) is 0 Å². The number of aromatic nitrogens is 4. The molecule has 0 atom stereocenters. The average molecular weight is 414 g/mol. The van der Waals surface area contributed by atoms with E-state index in [2.05, 4.69) is 15.5 Å². The third kappa shape index (κ3) is 3.97. The molecule has 9 nitrogen and oxygen atoms in total. The fourth-order valence-corrected chi connectivity index (χ4v) is 3.61. The van der Waals surface area contributed by atoms with Gasteiger partial charge in [-0.3, -0.25) is 4.79 Å². The van der Waals surface area contributed by atoms with E-state index in [-0.39, 0.29) is 11.5 Å².